The molecule has 0 aliphatic carbocycles. The van der Waals surface area contributed by atoms with E-state index in [0.29, 0.717) is 27.9 Å². The summed E-state index contributed by atoms with van der Waals surface area (Å²) in [6.45, 7) is 0. The van der Waals surface area contributed by atoms with Gasteiger partial charge in [0.05, 0.1) is 16.1 Å². The largest absolute Gasteiger partial charge is 0.326 e. The van der Waals surface area contributed by atoms with Gasteiger partial charge in [-0.05, 0) is 12.1 Å². The number of hydrogen-bond acceptors (Lipinski definition) is 2. The molecule has 0 aliphatic rings. The maximum atomic E-state index is 11.2. The van der Waals surface area contributed by atoms with E-state index in [1.165, 1.54) is 4.57 Å². The van der Waals surface area contributed by atoms with E-state index in [1.807, 2.05) is 0 Å². The number of benzene rings is 1. The second kappa shape index (κ2) is 2.99. The maximum absolute atomic E-state index is 11.2. The zero-order chi connectivity index (χ0) is 10.3. The van der Waals surface area contributed by atoms with Crippen molar-refractivity contribution >= 4 is 28.9 Å². The van der Waals surface area contributed by atoms with Gasteiger partial charge < -0.3 is 4.98 Å². The Balaban J connectivity index is 2.92. The number of H-pyrrole nitrogens is 1. The normalized spacial score (nSPS) is 10.7. The number of fused-ring (bicyclic) bond motifs is 1. The van der Waals surface area contributed by atoms with Crippen LogP contribution in [0.5, 0.6) is 0 Å². The lowest BCUT2D eigenvalue weighted by Crippen LogP contribution is -2.11. The molecule has 0 spiro atoms. The molecule has 72 valence electrons. The molecule has 0 fully saturated rings. The third kappa shape index (κ3) is 1.15. The first-order valence-corrected chi connectivity index (χ1v) is 4.34. The predicted octanol–water partition coefficient (Wildman–Crippen LogP) is 1.33. The van der Waals surface area contributed by atoms with Crippen molar-refractivity contribution in [3.05, 3.63) is 33.2 Å². The highest BCUT2D eigenvalue weighted by Crippen LogP contribution is 2.20. The highest BCUT2D eigenvalue weighted by Gasteiger charge is 2.07. The highest BCUT2D eigenvalue weighted by atomic mass is 35.5. The van der Waals surface area contributed by atoms with E-state index in [2.05, 4.69) is 4.98 Å². The van der Waals surface area contributed by atoms with E-state index in [0.717, 1.165) is 0 Å². The molecule has 0 saturated carbocycles. The minimum atomic E-state index is -0.223. The summed E-state index contributed by atoms with van der Waals surface area (Å²) in [5.41, 5.74) is 1.45. The zero-order valence-electron chi connectivity index (χ0n) is 7.37. The summed E-state index contributed by atoms with van der Waals surface area (Å²) in [5, 5.41) is 0.349. The summed E-state index contributed by atoms with van der Waals surface area (Å²) in [5.74, 6) is 0. The number of hydrogen-bond donors (Lipinski definition) is 1. The second-order valence-corrected chi connectivity index (χ2v) is 3.41. The molecule has 0 saturated heterocycles. The predicted molar refractivity (Wildman–Crippen MR) is 53.9 cm³/mol. The smallest absolute Gasteiger partial charge is 0.306 e. The van der Waals surface area contributed by atoms with E-state index in [-0.39, 0.29) is 5.69 Å². The van der Waals surface area contributed by atoms with Crippen molar-refractivity contribution in [2.75, 3.05) is 0 Å². The Morgan fingerprint density at radius 1 is 1.50 bits per heavy atom. The average molecular weight is 211 g/mol. The van der Waals surface area contributed by atoms with Crippen LogP contribution in [0.15, 0.2) is 16.9 Å². The molecule has 0 amide bonds. The van der Waals surface area contributed by atoms with Crippen molar-refractivity contribution in [1.82, 2.24) is 9.55 Å². The summed E-state index contributed by atoms with van der Waals surface area (Å²) in [7, 11) is 1.64. The topological polar surface area (TPSA) is 54.9 Å². The van der Waals surface area contributed by atoms with Gasteiger partial charge in [-0.1, -0.05) is 11.6 Å². The Hall–Kier alpha value is -1.55. The minimum Gasteiger partial charge on any atom is -0.306 e. The molecule has 0 bridgehead atoms. The fourth-order valence-electron chi connectivity index (χ4n) is 1.36. The fourth-order valence-corrected chi connectivity index (χ4v) is 1.56. The SMILES string of the molecule is Cn1c(=O)[nH]c2cc(C=O)c(Cl)cc21. The van der Waals surface area contributed by atoms with E-state index >= 15 is 0 Å². The van der Waals surface area contributed by atoms with Crippen molar-refractivity contribution in [2.45, 2.75) is 0 Å². The molecule has 1 N–H and O–H groups in total. The van der Waals surface area contributed by atoms with Crippen LogP contribution in [0.2, 0.25) is 5.02 Å². The van der Waals surface area contributed by atoms with Crippen LogP contribution >= 0.6 is 11.6 Å². The van der Waals surface area contributed by atoms with Gasteiger partial charge in [0.1, 0.15) is 0 Å². The zero-order valence-corrected chi connectivity index (χ0v) is 8.13. The summed E-state index contributed by atoms with van der Waals surface area (Å²) < 4.78 is 1.44. The fraction of sp³-hybridized carbons (Fsp3) is 0.111. The lowest BCUT2D eigenvalue weighted by Gasteiger charge is -1.97. The molecule has 0 aliphatic heterocycles. The molecular formula is C9H7ClN2O2. The Morgan fingerprint density at radius 3 is 2.86 bits per heavy atom. The van der Waals surface area contributed by atoms with Gasteiger partial charge in [-0.15, -0.1) is 0 Å². The van der Waals surface area contributed by atoms with Crippen LogP contribution in [-0.4, -0.2) is 15.8 Å². The molecule has 2 aromatic rings. The van der Waals surface area contributed by atoms with Crippen molar-refractivity contribution in [3.63, 3.8) is 0 Å². The van der Waals surface area contributed by atoms with Crippen molar-refractivity contribution in [3.8, 4) is 0 Å². The molecule has 2 rings (SSSR count). The number of carbonyl (C=O) groups excluding carboxylic acids is 1. The third-order valence-corrected chi connectivity index (χ3v) is 2.48. The number of imidazole rings is 1. The molecule has 1 aromatic carbocycles. The Bertz CT molecular complexity index is 568. The van der Waals surface area contributed by atoms with E-state index in [1.54, 1.807) is 19.2 Å². The number of aromatic nitrogens is 2. The van der Waals surface area contributed by atoms with Crippen LogP contribution in [0.4, 0.5) is 0 Å². The number of rotatable bonds is 1. The first-order chi connectivity index (χ1) is 6.63. The number of aldehydes is 1. The second-order valence-electron chi connectivity index (χ2n) is 3.00. The monoisotopic (exact) mass is 210 g/mol. The third-order valence-electron chi connectivity index (χ3n) is 2.15. The Kier molecular flexibility index (Phi) is 1.93. The summed E-state index contributed by atoms with van der Waals surface area (Å²) in [4.78, 5) is 24.4. The van der Waals surface area contributed by atoms with E-state index < -0.39 is 0 Å². The van der Waals surface area contributed by atoms with Crippen molar-refractivity contribution in [1.29, 1.82) is 0 Å². The lowest BCUT2D eigenvalue weighted by molar-refractivity contribution is 0.112. The molecular weight excluding hydrogens is 204 g/mol. The molecule has 0 unspecified atom stereocenters. The van der Waals surface area contributed by atoms with Gasteiger partial charge in [-0.3, -0.25) is 9.36 Å². The van der Waals surface area contributed by atoms with Crippen LogP contribution in [0.1, 0.15) is 10.4 Å². The summed E-state index contributed by atoms with van der Waals surface area (Å²) >= 11 is 5.82. The van der Waals surface area contributed by atoms with Gasteiger partial charge in [0, 0.05) is 12.6 Å². The number of carbonyl (C=O) groups is 1. The number of nitrogens with zero attached hydrogens (tertiary/aromatic N) is 1. The molecule has 1 heterocycles. The number of halogens is 1. The van der Waals surface area contributed by atoms with E-state index in [9.17, 15) is 9.59 Å². The molecule has 14 heavy (non-hydrogen) atoms. The van der Waals surface area contributed by atoms with Gasteiger partial charge in [-0.2, -0.15) is 0 Å². The van der Waals surface area contributed by atoms with Crippen LogP contribution < -0.4 is 5.69 Å². The van der Waals surface area contributed by atoms with Crippen LogP contribution in [0, 0.1) is 0 Å². The van der Waals surface area contributed by atoms with E-state index in [4.69, 9.17) is 11.6 Å². The molecule has 5 heteroatoms. The summed E-state index contributed by atoms with van der Waals surface area (Å²) in [6.07, 6.45) is 0.660. The van der Waals surface area contributed by atoms with Crippen LogP contribution in [0.25, 0.3) is 11.0 Å². The van der Waals surface area contributed by atoms with Crippen molar-refractivity contribution in [2.24, 2.45) is 7.05 Å². The van der Waals surface area contributed by atoms with Gasteiger partial charge in [0.15, 0.2) is 6.29 Å². The first kappa shape index (κ1) is 9.02. The summed E-state index contributed by atoms with van der Waals surface area (Å²) in [6, 6.07) is 3.16. The number of aryl methyl sites for hydroxylation is 1. The maximum Gasteiger partial charge on any atom is 0.326 e. The Labute approximate surface area is 84.1 Å². The van der Waals surface area contributed by atoms with Crippen LogP contribution in [-0.2, 0) is 7.05 Å². The van der Waals surface area contributed by atoms with Crippen molar-refractivity contribution < 1.29 is 4.79 Å². The minimum absolute atomic E-state index is 0.223. The van der Waals surface area contributed by atoms with Gasteiger partial charge in [0.25, 0.3) is 0 Å². The standard InChI is InChI=1S/C9H7ClN2O2/c1-12-8-3-6(10)5(4-13)2-7(8)11-9(12)14/h2-4H,1H3,(H,11,14). The van der Waals surface area contributed by atoms with Gasteiger partial charge in [-0.25, -0.2) is 4.79 Å². The Morgan fingerprint density at radius 2 is 2.21 bits per heavy atom. The number of aromatic amines is 1. The number of nitrogens with one attached hydrogen (secondary N) is 1. The highest BCUT2D eigenvalue weighted by molar-refractivity contribution is 6.33. The van der Waals surface area contributed by atoms with Gasteiger partial charge in [0.2, 0.25) is 0 Å². The van der Waals surface area contributed by atoms with Crippen LogP contribution in [0.3, 0.4) is 0 Å². The molecule has 0 radical (unpaired) electrons. The average Bonchev–Trinajstić information content (AvgIpc) is 2.43. The molecule has 4 nitrogen and oxygen atoms in total. The van der Waals surface area contributed by atoms with Gasteiger partial charge >= 0.3 is 5.69 Å². The molecule has 0 atom stereocenters. The quantitative estimate of drug-likeness (QED) is 0.722. The molecule has 1 aromatic heterocycles. The first-order valence-electron chi connectivity index (χ1n) is 3.97. The lowest BCUT2D eigenvalue weighted by atomic mass is 10.2.